The monoisotopic (exact) mass is 329 g/mol. The van der Waals surface area contributed by atoms with Crippen molar-refractivity contribution in [2.24, 2.45) is 0 Å². The Labute approximate surface area is 141 Å². The zero-order valence-corrected chi connectivity index (χ0v) is 14.8. The molecular formula is C17H23N5O2. The van der Waals surface area contributed by atoms with Crippen LogP contribution in [0.1, 0.15) is 63.6 Å². The topological polar surface area (TPSA) is 83.9 Å². The summed E-state index contributed by atoms with van der Waals surface area (Å²) in [6.45, 7) is 10.4. The Bertz CT molecular complexity index is 811. The summed E-state index contributed by atoms with van der Waals surface area (Å²) in [4.78, 5) is 33.9. The quantitative estimate of drug-likeness (QED) is 0.870. The van der Waals surface area contributed by atoms with E-state index in [0.717, 1.165) is 22.9 Å². The number of aryl methyl sites for hydroxylation is 3. The van der Waals surface area contributed by atoms with Crippen LogP contribution in [-0.4, -0.2) is 49.4 Å². The molecule has 24 heavy (non-hydrogen) atoms. The first-order valence-corrected chi connectivity index (χ1v) is 8.24. The number of aromatic nitrogens is 4. The number of H-pyrrole nitrogens is 1. The molecule has 1 amide bonds. The maximum Gasteiger partial charge on any atom is 0.270 e. The van der Waals surface area contributed by atoms with Crippen molar-refractivity contribution in [3.05, 3.63) is 34.2 Å². The molecule has 0 aliphatic carbocycles. The van der Waals surface area contributed by atoms with Crippen molar-refractivity contribution in [3.63, 3.8) is 0 Å². The van der Waals surface area contributed by atoms with Gasteiger partial charge in [-0.2, -0.15) is 5.10 Å². The lowest BCUT2D eigenvalue weighted by Gasteiger charge is -2.39. The highest BCUT2D eigenvalue weighted by molar-refractivity contribution is 6.02. The van der Waals surface area contributed by atoms with E-state index in [1.165, 1.54) is 0 Å². The van der Waals surface area contributed by atoms with Gasteiger partial charge in [0.05, 0.1) is 6.04 Å². The minimum Gasteiger partial charge on any atom is -0.354 e. The maximum atomic E-state index is 12.8. The summed E-state index contributed by atoms with van der Waals surface area (Å²) in [6.07, 6.45) is 0.652. The molecular weight excluding hydrogens is 306 g/mol. The molecule has 7 heteroatoms. The third-order valence-electron chi connectivity index (χ3n) is 4.61. The molecule has 1 aliphatic heterocycles. The number of likely N-dealkylation sites (tertiary alicyclic amines) is 1. The molecule has 0 atom stereocenters. The minimum absolute atomic E-state index is 0.00477. The van der Waals surface area contributed by atoms with E-state index in [9.17, 15) is 9.59 Å². The fraction of sp³-hybridized carbons (Fsp3) is 0.529. The lowest BCUT2D eigenvalue weighted by molar-refractivity contribution is 0.0490. The summed E-state index contributed by atoms with van der Waals surface area (Å²) in [7, 11) is 0. The van der Waals surface area contributed by atoms with Gasteiger partial charge in [-0.3, -0.25) is 9.59 Å². The number of carbonyl (C=O) groups is 2. The van der Waals surface area contributed by atoms with Crippen LogP contribution in [0.2, 0.25) is 0 Å². The molecule has 0 spiro atoms. The molecule has 3 rings (SSSR count). The van der Waals surface area contributed by atoms with Crippen LogP contribution < -0.4 is 0 Å². The number of aromatic amines is 1. The molecule has 2 aromatic rings. The number of ketones is 1. The Morgan fingerprint density at radius 1 is 1.25 bits per heavy atom. The first-order chi connectivity index (χ1) is 11.3. The second-order valence-corrected chi connectivity index (χ2v) is 6.40. The average Bonchev–Trinajstić information content (AvgIpc) is 2.96. The third-order valence-corrected chi connectivity index (χ3v) is 4.61. The number of carbonyl (C=O) groups excluding carboxylic acids is 2. The van der Waals surface area contributed by atoms with E-state index < -0.39 is 0 Å². The van der Waals surface area contributed by atoms with Gasteiger partial charge in [0, 0.05) is 24.3 Å². The van der Waals surface area contributed by atoms with Gasteiger partial charge in [-0.25, -0.2) is 9.67 Å². The van der Waals surface area contributed by atoms with E-state index in [4.69, 9.17) is 0 Å². The normalized spacial score (nSPS) is 14.8. The Balaban J connectivity index is 1.79. The summed E-state index contributed by atoms with van der Waals surface area (Å²) in [5.74, 6) is 1.56. The van der Waals surface area contributed by atoms with Crippen LogP contribution in [0.4, 0.5) is 0 Å². The number of nitrogens with one attached hydrogen (secondary N) is 1. The lowest BCUT2D eigenvalue weighted by atomic mass is 10.0. The first kappa shape index (κ1) is 16.4. The molecule has 1 N–H and O–H groups in total. The van der Waals surface area contributed by atoms with Gasteiger partial charge in [0.2, 0.25) is 0 Å². The second kappa shape index (κ2) is 5.89. The van der Waals surface area contributed by atoms with E-state index in [-0.39, 0.29) is 17.7 Å². The van der Waals surface area contributed by atoms with E-state index in [1.807, 2.05) is 32.4 Å². The molecule has 1 fully saturated rings. The highest BCUT2D eigenvalue weighted by atomic mass is 16.2. The van der Waals surface area contributed by atoms with Crippen molar-refractivity contribution in [3.8, 4) is 0 Å². The predicted octanol–water partition coefficient (Wildman–Crippen LogP) is 1.99. The van der Waals surface area contributed by atoms with E-state index in [0.29, 0.717) is 30.8 Å². The zero-order chi connectivity index (χ0) is 17.6. The van der Waals surface area contributed by atoms with Gasteiger partial charge in [0.15, 0.2) is 5.78 Å². The number of Topliss-reactive ketones (excluding diaryl/α,β-unsaturated/α-hetero) is 1. The van der Waals surface area contributed by atoms with Crippen molar-refractivity contribution in [2.45, 2.75) is 47.1 Å². The highest BCUT2D eigenvalue weighted by Gasteiger charge is 2.36. The van der Waals surface area contributed by atoms with E-state index >= 15 is 0 Å². The summed E-state index contributed by atoms with van der Waals surface area (Å²) < 4.78 is 1.89. The second-order valence-electron chi connectivity index (χ2n) is 6.40. The van der Waals surface area contributed by atoms with Crippen LogP contribution in [-0.2, 0) is 6.42 Å². The predicted molar refractivity (Wildman–Crippen MR) is 89.3 cm³/mol. The molecule has 0 aromatic carbocycles. The summed E-state index contributed by atoms with van der Waals surface area (Å²) >= 11 is 0. The summed E-state index contributed by atoms with van der Waals surface area (Å²) in [6, 6.07) is 0.170. The van der Waals surface area contributed by atoms with Gasteiger partial charge < -0.3 is 9.88 Å². The van der Waals surface area contributed by atoms with Gasteiger partial charge in [0.1, 0.15) is 17.3 Å². The standard InChI is InChI=1S/C17H23N5O2/c1-6-14-15(10(3)23)9(2)18-16(14)17(24)21-7-13(8-21)22-12(5)19-11(4)20-22/h13,18H,6-8H2,1-5H3. The molecule has 3 heterocycles. The van der Waals surface area contributed by atoms with E-state index in [2.05, 4.69) is 15.1 Å². The van der Waals surface area contributed by atoms with Gasteiger partial charge in [0.25, 0.3) is 5.91 Å². The molecule has 128 valence electrons. The number of hydrogen-bond acceptors (Lipinski definition) is 4. The van der Waals surface area contributed by atoms with Crippen LogP contribution in [0.25, 0.3) is 0 Å². The largest absolute Gasteiger partial charge is 0.354 e. The van der Waals surface area contributed by atoms with Crippen LogP contribution in [0, 0.1) is 20.8 Å². The van der Waals surface area contributed by atoms with Crippen molar-refractivity contribution in [2.75, 3.05) is 13.1 Å². The van der Waals surface area contributed by atoms with Gasteiger partial charge in [-0.1, -0.05) is 6.92 Å². The fourth-order valence-corrected chi connectivity index (χ4v) is 3.51. The molecule has 0 unspecified atom stereocenters. The third kappa shape index (κ3) is 2.53. The molecule has 1 saturated heterocycles. The zero-order valence-electron chi connectivity index (χ0n) is 14.8. The van der Waals surface area contributed by atoms with Gasteiger partial charge in [-0.15, -0.1) is 0 Å². The highest BCUT2D eigenvalue weighted by Crippen LogP contribution is 2.27. The van der Waals surface area contributed by atoms with Crippen LogP contribution in [0.5, 0.6) is 0 Å². The summed E-state index contributed by atoms with van der Waals surface area (Å²) in [5, 5.41) is 4.39. The van der Waals surface area contributed by atoms with Crippen molar-refractivity contribution < 1.29 is 9.59 Å². The Morgan fingerprint density at radius 3 is 2.42 bits per heavy atom. The van der Waals surface area contributed by atoms with Crippen molar-refractivity contribution in [1.29, 1.82) is 0 Å². The molecule has 0 saturated carbocycles. The Hall–Kier alpha value is -2.44. The Morgan fingerprint density at radius 2 is 1.92 bits per heavy atom. The number of rotatable bonds is 4. The molecule has 7 nitrogen and oxygen atoms in total. The number of nitrogens with zero attached hydrogens (tertiary/aromatic N) is 4. The smallest absolute Gasteiger partial charge is 0.270 e. The SMILES string of the molecule is CCc1c(C(=O)N2CC(n3nc(C)nc3C)C2)[nH]c(C)c1C(C)=O. The molecule has 0 radical (unpaired) electrons. The maximum absolute atomic E-state index is 12.8. The van der Waals surface area contributed by atoms with Crippen molar-refractivity contribution in [1.82, 2.24) is 24.6 Å². The first-order valence-electron chi connectivity index (χ1n) is 8.24. The molecule has 0 bridgehead atoms. The van der Waals surface area contributed by atoms with Gasteiger partial charge >= 0.3 is 0 Å². The molecule has 1 aliphatic rings. The fourth-order valence-electron chi connectivity index (χ4n) is 3.51. The minimum atomic E-state index is -0.0480. The van der Waals surface area contributed by atoms with Crippen LogP contribution >= 0.6 is 0 Å². The van der Waals surface area contributed by atoms with Gasteiger partial charge in [-0.05, 0) is 39.7 Å². The molecule has 2 aromatic heterocycles. The van der Waals surface area contributed by atoms with Crippen molar-refractivity contribution >= 4 is 11.7 Å². The summed E-state index contributed by atoms with van der Waals surface area (Å²) in [5.41, 5.74) is 2.79. The lowest BCUT2D eigenvalue weighted by Crippen LogP contribution is -2.51. The number of amides is 1. The number of hydrogen-bond donors (Lipinski definition) is 1. The Kier molecular flexibility index (Phi) is 4.03. The van der Waals surface area contributed by atoms with Crippen LogP contribution in [0.15, 0.2) is 0 Å². The van der Waals surface area contributed by atoms with Crippen LogP contribution in [0.3, 0.4) is 0 Å². The van der Waals surface area contributed by atoms with E-state index in [1.54, 1.807) is 11.8 Å². The average molecular weight is 329 g/mol.